The van der Waals surface area contributed by atoms with Crippen molar-refractivity contribution in [3.8, 4) is 11.5 Å². The Labute approximate surface area is 182 Å². The monoisotopic (exact) mass is 504 g/mol. The lowest BCUT2D eigenvalue weighted by Crippen LogP contribution is -2.41. The first-order valence-electron chi connectivity index (χ1n) is 8.54. The Morgan fingerprint density at radius 1 is 1.22 bits per heavy atom. The van der Waals surface area contributed by atoms with Gasteiger partial charge in [-0.15, -0.1) is 24.0 Å². The molecule has 0 aliphatic carbocycles. The molecule has 0 bridgehead atoms. The Morgan fingerprint density at radius 3 is 2.67 bits per heavy atom. The molecule has 148 valence electrons. The predicted molar refractivity (Wildman–Crippen MR) is 121 cm³/mol. The first-order valence-corrected chi connectivity index (χ1v) is 8.91. The minimum Gasteiger partial charge on any atom is -0.497 e. The van der Waals surface area contributed by atoms with E-state index in [-0.39, 0.29) is 30.1 Å². The Bertz CT molecular complexity index is 713. The molecule has 0 aliphatic heterocycles. The van der Waals surface area contributed by atoms with Crippen LogP contribution < -0.4 is 20.1 Å². The van der Waals surface area contributed by atoms with Crippen LogP contribution >= 0.6 is 35.6 Å². The van der Waals surface area contributed by atoms with Gasteiger partial charge in [0.1, 0.15) is 22.8 Å². The third-order valence-electron chi connectivity index (χ3n) is 3.49. The number of hydrogen-bond donors (Lipinski definition) is 2. The maximum atomic E-state index is 5.91. The second-order valence-electron chi connectivity index (χ2n) is 5.67. The molecule has 2 N–H and O–H groups in total. The summed E-state index contributed by atoms with van der Waals surface area (Å²) in [4.78, 5) is 8.62. The van der Waals surface area contributed by atoms with Crippen molar-refractivity contribution in [2.45, 2.75) is 26.5 Å². The zero-order valence-electron chi connectivity index (χ0n) is 15.7. The molecular weight excluding hydrogens is 479 g/mol. The van der Waals surface area contributed by atoms with Crippen LogP contribution in [0, 0.1) is 0 Å². The molecule has 0 aliphatic rings. The normalized spacial score (nSPS) is 11.9. The van der Waals surface area contributed by atoms with E-state index >= 15 is 0 Å². The van der Waals surface area contributed by atoms with Crippen LogP contribution in [0.3, 0.4) is 0 Å². The number of halogens is 2. The summed E-state index contributed by atoms with van der Waals surface area (Å²) >= 11 is 5.80. The molecule has 0 saturated heterocycles. The highest BCUT2D eigenvalue weighted by Gasteiger charge is 2.07. The van der Waals surface area contributed by atoms with Gasteiger partial charge in [-0.25, -0.2) is 9.98 Å². The summed E-state index contributed by atoms with van der Waals surface area (Å²) in [5.74, 6) is 2.27. The quantitative estimate of drug-likeness (QED) is 0.247. The molecule has 8 heteroatoms. The number of nitrogens with one attached hydrogen (secondary N) is 2. The summed E-state index contributed by atoms with van der Waals surface area (Å²) in [5, 5.41) is 6.98. The van der Waals surface area contributed by atoms with Gasteiger partial charge in [-0.3, -0.25) is 0 Å². The summed E-state index contributed by atoms with van der Waals surface area (Å²) in [6.07, 6.45) is 1.69. The SMILES string of the molecule is CCNC(=NCc1ccc(Cl)nc1)NCC(C)Oc1cccc(OC)c1.I. The van der Waals surface area contributed by atoms with Crippen molar-refractivity contribution < 1.29 is 9.47 Å². The van der Waals surface area contributed by atoms with E-state index in [1.807, 2.05) is 44.2 Å². The standard InChI is InChI=1S/C19H25ClN4O2.HI/c1-4-21-19(24-13-15-8-9-18(20)22-12-15)23-11-14(2)26-17-7-5-6-16(10-17)25-3;/h5-10,12,14H,4,11,13H2,1-3H3,(H2,21,23,24);1H. The fraction of sp³-hybridized carbons (Fsp3) is 0.368. The van der Waals surface area contributed by atoms with Crippen molar-refractivity contribution in [1.29, 1.82) is 0 Å². The zero-order chi connectivity index (χ0) is 18.8. The number of benzene rings is 1. The summed E-state index contributed by atoms with van der Waals surface area (Å²) in [6.45, 7) is 5.93. The highest BCUT2D eigenvalue weighted by atomic mass is 127. The van der Waals surface area contributed by atoms with E-state index in [0.29, 0.717) is 18.2 Å². The Morgan fingerprint density at radius 2 is 2.00 bits per heavy atom. The van der Waals surface area contributed by atoms with Crippen molar-refractivity contribution in [3.63, 3.8) is 0 Å². The lowest BCUT2D eigenvalue weighted by atomic mass is 10.3. The number of hydrogen-bond acceptors (Lipinski definition) is 4. The van der Waals surface area contributed by atoms with E-state index in [0.717, 1.165) is 29.6 Å². The molecule has 6 nitrogen and oxygen atoms in total. The molecule has 0 spiro atoms. The second-order valence-corrected chi connectivity index (χ2v) is 6.06. The van der Waals surface area contributed by atoms with Gasteiger partial charge in [0.2, 0.25) is 0 Å². The highest BCUT2D eigenvalue weighted by Crippen LogP contribution is 2.19. The number of aromatic nitrogens is 1. The van der Waals surface area contributed by atoms with E-state index in [4.69, 9.17) is 21.1 Å². The lowest BCUT2D eigenvalue weighted by molar-refractivity contribution is 0.223. The number of pyridine rings is 1. The molecule has 2 aromatic rings. The van der Waals surface area contributed by atoms with Crippen LogP contribution in [0.4, 0.5) is 0 Å². The molecule has 0 saturated carbocycles. The van der Waals surface area contributed by atoms with Crippen LogP contribution in [-0.4, -0.2) is 37.2 Å². The van der Waals surface area contributed by atoms with Crippen molar-refractivity contribution in [3.05, 3.63) is 53.3 Å². The van der Waals surface area contributed by atoms with Crippen LogP contribution in [0.15, 0.2) is 47.6 Å². The smallest absolute Gasteiger partial charge is 0.191 e. The van der Waals surface area contributed by atoms with Gasteiger partial charge in [0.15, 0.2) is 5.96 Å². The van der Waals surface area contributed by atoms with Gasteiger partial charge in [-0.05, 0) is 37.6 Å². The van der Waals surface area contributed by atoms with Gasteiger partial charge in [0, 0.05) is 18.8 Å². The average Bonchev–Trinajstić information content (AvgIpc) is 2.65. The molecule has 1 unspecified atom stereocenters. The first-order chi connectivity index (χ1) is 12.6. The minimum atomic E-state index is -0.0387. The molecule has 0 fully saturated rings. The molecule has 2 rings (SSSR count). The van der Waals surface area contributed by atoms with E-state index in [2.05, 4.69) is 20.6 Å². The number of rotatable bonds is 8. The maximum Gasteiger partial charge on any atom is 0.191 e. The molecule has 0 amide bonds. The van der Waals surface area contributed by atoms with Gasteiger partial charge >= 0.3 is 0 Å². The largest absolute Gasteiger partial charge is 0.497 e. The number of nitrogens with zero attached hydrogens (tertiary/aromatic N) is 2. The van der Waals surface area contributed by atoms with E-state index in [9.17, 15) is 0 Å². The van der Waals surface area contributed by atoms with Crippen molar-refractivity contribution in [2.24, 2.45) is 4.99 Å². The van der Waals surface area contributed by atoms with Crippen LogP contribution in [0.1, 0.15) is 19.4 Å². The first kappa shape index (κ1) is 23.3. The number of ether oxygens (including phenoxy) is 2. The molecular formula is C19H26ClIN4O2. The lowest BCUT2D eigenvalue weighted by Gasteiger charge is -2.18. The van der Waals surface area contributed by atoms with Gasteiger partial charge in [-0.1, -0.05) is 23.7 Å². The second kappa shape index (κ2) is 12.6. The van der Waals surface area contributed by atoms with Crippen LogP contribution in [0.5, 0.6) is 11.5 Å². The average molecular weight is 505 g/mol. The van der Waals surface area contributed by atoms with Crippen LogP contribution in [-0.2, 0) is 6.54 Å². The van der Waals surface area contributed by atoms with Crippen molar-refractivity contribution in [2.75, 3.05) is 20.2 Å². The summed E-state index contributed by atoms with van der Waals surface area (Å²) < 4.78 is 11.1. The van der Waals surface area contributed by atoms with Gasteiger partial charge in [-0.2, -0.15) is 0 Å². The molecule has 27 heavy (non-hydrogen) atoms. The summed E-state index contributed by atoms with van der Waals surface area (Å²) in [6, 6.07) is 11.2. The highest BCUT2D eigenvalue weighted by molar-refractivity contribution is 14.0. The van der Waals surface area contributed by atoms with E-state index in [1.54, 1.807) is 19.4 Å². The Kier molecular flexibility index (Phi) is 10.9. The fourth-order valence-corrected chi connectivity index (χ4v) is 2.31. The van der Waals surface area contributed by atoms with Gasteiger partial charge in [0.25, 0.3) is 0 Å². The topological polar surface area (TPSA) is 67.8 Å². The summed E-state index contributed by atoms with van der Waals surface area (Å²) in [7, 11) is 1.64. The predicted octanol–water partition coefficient (Wildman–Crippen LogP) is 3.88. The third-order valence-corrected chi connectivity index (χ3v) is 3.71. The van der Waals surface area contributed by atoms with E-state index in [1.165, 1.54) is 0 Å². The van der Waals surface area contributed by atoms with Crippen LogP contribution in [0.2, 0.25) is 5.15 Å². The number of aliphatic imine (C=N–C) groups is 1. The third kappa shape index (κ3) is 8.66. The zero-order valence-corrected chi connectivity index (χ0v) is 18.8. The van der Waals surface area contributed by atoms with E-state index < -0.39 is 0 Å². The van der Waals surface area contributed by atoms with Gasteiger partial charge < -0.3 is 20.1 Å². The van der Waals surface area contributed by atoms with Crippen molar-refractivity contribution in [1.82, 2.24) is 15.6 Å². The molecule has 1 atom stereocenters. The summed E-state index contributed by atoms with van der Waals surface area (Å²) in [5.41, 5.74) is 0.993. The molecule has 1 aromatic carbocycles. The molecule has 1 aromatic heterocycles. The number of methoxy groups -OCH3 is 1. The van der Waals surface area contributed by atoms with Crippen molar-refractivity contribution >= 4 is 41.5 Å². The van der Waals surface area contributed by atoms with Crippen LogP contribution in [0.25, 0.3) is 0 Å². The van der Waals surface area contributed by atoms with Gasteiger partial charge in [0.05, 0.1) is 20.2 Å². The number of guanidine groups is 1. The minimum absolute atomic E-state index is 0. The fourth-order valence-electron chi connectivity index (χ4n) is 2.20. The Hall–Kier alpha value is -1.74. The maximum absolute atomic E-state index is 5.91. The molecule has 0 radical (unpaired) electrons. The Balaban J connectivity index is 0.00000364. The molecule has 1 heterocycles.